The lowest BCUT2D eigenvalue weighted by Crippen LogP contribution is -2.21. The molecule has 0 aliphatic heterocycles. The number of aliphatic carboxylic acids is 1. The number of carbonyl (C=O) groups excluding carboxylic acids is 1. The Morgan fingerprint density at radius 2 is 1.90 bits per heavy atom. The smallest absolute Gasteiger partial charge is 0.479 e. The molecule has 0 heterocycles. The van der Waals surface area contributed by atoms with Crippen LogP contribution in [0.25, 0.3) is 0 Å². The molecule has 1 rings (SSSR count). The topological polar surface area (TPSA) is 83.8 Å². The minimum Gasteiger partial charge on any atom is -0.479 e. The molecule has 0 bridgehead atoms. The van der Waals surface area contributed by atoms with Crippen LogP contribution in [0.4, 0.5) is 13.2 Å². The number of ether oxygens (including phenoxy) is 1. The van der Waals surface area contributed by atoms with Crippen molar-refractivity contribution >= 4 is 23.4 Å². The van der Waals surface area contributed by atoms with Gasteiger partial charge in [0.2, 0.25) is 0 Å². The highest BCUT2D eigenvalue weighted by molar-refractivity contribution is 6.33. The fourth-order valence-electron chi connectivity index (χ4n) is 1.48. The molecule has 2 atom stereocenters. The first-order valence-electron chi connectivity index (χ1n) is 5.51. The normalized spacial score (nSPS) is 14.4. The zero-order valence-electron chi connectivity index (χ0n) is 10.5. The van der Waals surface area contributed by atoms with Crippen LogP contribution in [0, 0.1) is 0 Å². The van der Waals surface area contributed by atoms with Gasteiger partial charge in [-0.2, -0.15) is 0 Å². The summed E-state index contributed by atoms with van der Waals surface area (Å²) in [5, 5.41) is 16.8. The third-order valence-corrected chi connectivity index (χ3v) is 2.61. The van der Waals surface area contributed by atoms with Gasteiger partial charge in [0.05, 0.1) is 10.9 Å². The van der Waals surface area contributed by atoms with E-state index in [2.05, 4.69) is 4.74 Å². The zero-order valence-corrected chi connectivity index (χ0v) is 11.3. The molecule has 0 fully saturated rings. The van der Waals surface area contributed by atoms with E-state index in [1.165, 1.54) is 6.92 Å². The summed E-state index contributed by atoms with van der Waals surface area (Å²) >= 11 is 5.53. The number of carboxylic acid groups (broad SMARTS) is 1. The summed E-state index contributed by atoms with van der Waals surface area (Å²) in [6.07, 6.45) is -7.13. The Hall–Kier alpha value is -1.80. The molecule has 2 unspecified atom stereocenters. The molecule has 1 aromatic rings. The predicted octanol–water partition coefficient (Wildman–Crippen LogP) is 2.51. The molecule has 1 aromatic carbocycles. The predicted molar refractivity (Wildman–Crippen MR) is 65.4 cm³/mol. The van der Waals surface area contributed by atoms with Gasteiger partial charge >= 0.3 is 12.3 Å². The Balaban J connectivity index is 3.32. The van der Waals surface area contributed by atoms with Crippen LogP contribution in [0.2, 0.25) is 0 Å². The first-order chi connectivity index (χ1) is 9.53. The van der Waals surface area contributed by atoms with Crippen molar-refractivity contribution in [3.63, 3.8) is 0 Å². The number of alkyl halides is 4. The monoisotopic (exact) mass is 326 g/mol. The maximum absolute atomic E-state index is 12.3. The standard InChI is InChI=1S/C12H10ClF3O5/c1-5(13)9(17)7-3-2-6(10(18)11(19)20)4-8(7)21-12(14,15)16/h2-5,10,18H,1H3,(H,19,20). The third kappa shape index (κ3) is 4.61. The Bertz CT molecular complexity index is 556. The van der Waals surface area contributed by atoms with Gasteiger partial charge in [0, 0.05) is 0 Å². The van der Waals surface area contributed by atoms with E-state index in [-0.39, 0.29) is 5.56 Å². The van der Waals surface area contributed by atoms with Gasteiger partial charge in [-0.25, -0.2) is 4.79 Å². The summed E-state index contributed by atoms with van der Waals surface area (Å²) in [7, 11) is 0. The number of ketones is 1. The largest absolute Gasteiger partial charge is 0.573 e. The van der Waals surface area contributed by atoms with Crippen LogP contribution in [-0.2, 0) is 4.79 Å². The molecule has 116 valence electrons. The van der Waals surface area contributed by atoms with Crippen LogP contribution in [0.1, 0.15) is 28.9 Å². The lowest BCUT2D eigenvalue weighted by Gasteiger charge is -2.15. The SMILES string of the molecule is CC(Cl)C(=O)c1ccc(C(O)C(=O)O)cc1OC(F)(F)F. The summed E-state index contributed by atoms with van der Waals surface area (Å²) in [6, 6.07) is 2.57. The van der Waals surface area contributed by atoms with Gasteiger partial charge in [-0.1, -0.05) is 6.07 Å². The highest BCUT2D eigenvalue weighted by Gasteiger charge is 2.34. The molecular formula is C12H10ClF3O5. The number of rotatable bonds is 5. The van der Waals surface area contributed by atoms with Crippen molar-refractivity contribution in [3.8, 4) is 5.75 Å². The first kappa shape index (κ1) is 17.3. The third-order valence-electron chi connectivity index (χ3n) is 2.41. The number of aliphatic hydroxyl groups excluding tert-OH is 1. The van der Waals surface area contributed by atoms with E-state index in [0.717, 1.165) is 12.1 Å². The first-order valence-corrected chi connectivity index (χ1v) is 5.95. The lowest BCUT2D eigenvalue weighted by atomic mass is 10.0. The second-order valence-electron chi connectivity index (χ2n) is 4.02. The van der Waals surface area contributed by atoms with Crippen molar-refractivity contribution in [2.24, 2.45) is 0 Å². The molecule has 21 heavy (non-hydrogen) atoms. The number of carbonyl (C=O) groups is 2. The average molecular weight is 327 g/mol. The van der Waals surface area contributed by atoms with E-state index in [1.807, 2.05) is 0 Å². The van der Waals surface area contributed by atoms with Crippen LogP contribution >= 0.6 is 11.6 Å². The molecule has 0 aliphatic carbocycles. The van der Waals surface area contributed by atoms with E-state index in [9.17, 15) is 27.9 Å². The van der Waals surface area contributed by atoms with Crippen molar-refractivity contribution in [2.75, 3.05) is 0 Å². The summed E-state index contributed by atoms with van der Waals surface area (Å²) in [5.74, 6) is -3.40. The molecule has 0 aliphatic rings. The van der Waals surface area contributed by atoms with Crippen molar-refractivity contribution < 1.29 is 37.7 Å². The van der Waals surface area contributed by atoms with Crippen LogP contribution < -0.4 is 4.74 Å². The van der Waals surface area contributed by atoms with E-state index >= 15 is 0 Å². The molecule has 0 saturated carbocycles. The fourth-order valence-corrected chi connectivity index (χ4v) is 1.60. The second-order valence-corrected chi connectivity index (χ2v) is 4.68. The molecule has 2 N–H and O–H groups in total. The summed E-state index contributed by atoms with van der Waals surface area (Å²) in [4.78, 5) is 22.3. The maximum atomic E-state index is 12.3. The Morgan fingerprint density at radius 3 is 2.33 bits per heavy atom. The molecule has 5 nitrogen and oxygen atoms in total. The van der Waals surface area contributed by atoms with Gasteiger partial charge in [-0.15, -0.1) is 24.8 Å². The molecule has 0 aromatic heterocycles. The van der Waals surface area contributed by atoms with Gasteiger partial charge in [0.25, 0.3) is 0 Å². The Kier molecular flexibility index (Phi) is 5.19. The van der Waals surface area contributed by atoms with Crippen LogP contribution in [-0.4, -0.2) is 33.7 Å². The summed E-state index contributed by atoms with van der Waals surface area (Å²) in [6.45, 7) is 1.27. The molecule has 0 radical (unpaired) electrons. The van der Waals surface area contributed by atoms with E-state index < -0.39 is 40.9 Å². The fraction of sp³-hybridized carbons (Fsp3) is 0.333. The number of hydrogen-bond donors (Lipinski definition) is 2. The van der Waals surface area contributed by atoms with Crippen LogP contribution in [0.15, 0.2) is 18.2 Å². The van der Waals surface area contributed by atoms with Gasteiger partial charge in [-0.3, -0.25) is 4.79 Å². The highest BCUT2D eigenvalue weighted by atomic mass is 35.5. The van der Waals surface area contributed by atoms with E-state index in [1.54, 1.807) is 0 Å². The maximum Gasteiger partial charge on any atom is 0.573 e. The number of aliphatic hydroxyl groups is 1. The number of halogens is 4. The van der Waals surface area contributed by atoms with Gasteiger partial charge < -0.3 is 14.9 Å². The summed E-state index contributed by atoms with van der Waals surface area (Å²) < 4.78 is 40.7. The quantitative estimate of drug-likeness (QED) is 0.641. The minimum absolute atomic E-state index is 0.361. The van der Waals surface area contributed by atoms with Crippen LogP contribution in [0.3, 0.4) is 0 Å². The Labute approximate surface area is 121 Å². The highest BCUT2D eigenvalue weighted by Crippen LogP contribution is 2.31. The van der Waals surface area contributed by atoms with E-state index in [4.69, 9.17) is 16.7 Å². The lowest BCUT2D eigenvalue weighted by molar-refractivity contribution is -0.274. The Morgan fingerprint density at radius 1 is 1.33 bits per heavy atom. The van der Waals surface area contributed by atoms with Crippen molar-refractivity contribution in [1.82, 2.24) is 0 Å². The number of carboxylic acids is 1. The number of Topliss-reactive ketones (excluding diaryl/α,β-unsaturated/α-hetero) is 1. The zero-order chi connectivity index (χ0) is 16.4. The average Bonchev–Trinajstić information content (AvgIpc) is 2.34. The molecule has 0 amide bonds. The van der Waals surface area contributed by atoms with Gasteiger partial charge in [0.1, 0.15) is 5.75 Å². The molecule has 0 spiro atoms. The summed E-state index contributed by atoms with van der Waals surface area (Å²) in [5.41, 5.74) is -0.823. The second kappa shape index (κ2) is 6.31. The molecule has 0 saturated heterocycles. The van der Waals surface area contributed by atoms with Crippen molar-refractivity contribution in [3.05, 3.63) is 29.3 Å². The van der Waals surface area contributed by atoms with E-state index in [0.29, 0.717) is 6.07 Å². The van der Waals surface area contributed by atoms with Crippen molar-refractivity contribution in [2.45, 2.75) is 24.8 Å². The van der Waals surface area contributed by atoms with Gasteiger partial charge in [0.15, 0.2) is 11.9 Å². The number of benzene rings is 1. The molecule has 9 heteroatoms. The van der Waals surface area contributed by atoms with Crippen LogP contribution in [0.5, 0.6) is 5.75 Å². The molecular weight excluding hydrogens is 317 g/mol. The van der Waals surface area contributed by atoms with Crippen molar-refractivity contribution in [1.29, 1.82) is 0 Å². The minimum atomic E-state index is -5.09. The van der Waals surface area contributed by atoms with Gasteiger partial charge in [-0.05, 0) is 24.6 Å². The number of hydrogen-bond acceptors (Lipinski definition) is 4.